The summed E-state index contributed by atoms with van der Waals surface area (Å²) >= 11 is 0. The van der Waals surface area contributed by atoms with Gasteiger partial charge in [-0.3, -0.25) is 0 Å². The molecule has 1 heterocycles. The maximum absolute atomic E-state index is 5.80. The van der Waals surface area contributed by atoms with Crippen molar-refractivity contribution in [2.24, 2.45) is 0 Å². The van der Waals surface area contributed by atoms with Gasteiger partial charge in [0.05, 0.1) is 0 Å². The Morgan fingerprint density at radius 2 is 1.72 bits per heavy atom. The highest BCUT2D eigenvalue weighted by Gasteiger charge is 2.08. The van der Waals surface area contributed by atoms with Gasteiger partial charge in [0, 0.05) is 5.69 Å². The number of benzene rings is 1. The van der Waals surface area contributed by atoms with E-state index in [2.05, 4.69) is 15.3 Å². The van der Waals surface area contributed by atoms with E-state index in [-0.39, 0.29) is 11.8 Å². The smallest absolute Gasteiger partial charge is 0.224 e. The summed E-state index contributed by atoms with van der Waals surface area (Å²) in [6.45, 7) is 4.08. The van der Waals surface area contributed by atoms with Crippen LogP contribution in [0.3, 0.4) is 0 Å². The molecular formula is C12H16N6. The molecule has 0 atom stereocenters. The zero-order valence-corrected chi connectivity index (χ0v) is 10.4. The number of rotatable bonds is 2. The highest BCUT2D eigenvalue weighted by Crippen LogP contribution is 2.26. The minimum Gasteiger partial charge on any atom is -0.393 e. The summed E-state index contributed by atoms with van der Waals surface area (Å²) in [5.41, 5.74) is 20.5. The molecule has 0 unspecified atom stereocenters. The second-order valence-corrected chi connectivity index (χ2v) is 4.15. The molecule has 0 aliphatic rings. The Hall–Kier alpha value is -2.50. The van der Waals surface area contributed by atoms with Crippen LogP contribution in [0.1, 0.15) is 11.1 Å². The van der Waals surface area contributed by atoms with E-state index in [0.29, 0.717) is 11.5 Å². The lowest BCUT2D eigenvalue weighted by molar-refractivity contribution is 1.19. The molecule has 7 N–H and O–H groups in total. The molecule has 0 aliphatic heterocycles. The first-order chi connectivity index (χ1) is 8.47. The van der Waals surface area contributed by atoms with Gasteiger partial charge in [0.1, 0.15) is 5.69 Å². The van der Waals surface area contributed by atoms with Crippen molar-refractivity contribution in [2.45, 2.75) is 13.8 Å². The summed E-state index contributed by atoms with van der Waals surface area (Å²) < 4.78 is 0. The Balaban J connectivity index is 2.36. The standard InChI is InChI=1S/C12H16N6/c1-6-3-4-8(5-7(6)2)16-11-9(13)10(14)17-12(15)18-11/h3-5H,13H2,1-2H3,(H5,14,15,16,17,18). The van der Waals surface area contributed by atoms with Crippen LogP contribution in [0.4, 0.5) is 29.0 Å². The zero-order valence-electron chi connectivity index (χ0n) is 10.4. The van der Waals surface area contributed by atoms with E-state index in [4.69, 9.17) is 17.2 Å². The highest BCUT2D eigenvalue weighted by molar-refractivity contribution is 5.77. The molecule has 0 amide bonds. The number of aryl methyl sites for hydroxylation is 2. The van der Waals surface area contributed by atoms with Crippen LogP contribution >= 0.6 is 0 Å². The normalized spacial score (nSPS) is 10.3. The van der Waals surface area contributed by atoms with E-state index in [1.165, 1.54) is 11.1 Å². The summed E-state index contributed by atoms with van der Waals surface area (Å²) in [7, 11) is 0. The lowest BCUT2D eigenvalue weighted by Crippen LogP contribution is -2.08. The largest absolute Gasteiger partial charge is 0.393 e. The molecule has 94 valence electrons. The SMILES string of the molecule is Cc1ccc(Nc2nc(N)nc(N)c2N)cc1C. The van der Waals surface area contributed by atoms with Gasteiger partial charge in [0.2, 0.25) is 5.95 Å². The van der Waals surface area contributed by atoms with Gasteiger partial charge < -0.3 is 22.5 Å². The number of aromatic nitrogens is 2. The molecule has 0 saturated heterocycles. The van der Waals surface area contributed by atoms with Crippen molar-refractivity contribution in [1.29, 1.82) is 0 Å². The van der Waals surface area contributed by atoms with Gasteiger partial charge >= 0.3 is 0 Å². The fourth-order valence-corrected chi connectivity index (χ4v) is 1.56. The van der Waals surface area contributed by atoms with Crippen LogP contribution in [-0.4, -0.2) is 9.97 Å². The van der Waals surface area contributed by atoms with Crippen molar-refractivity contribution >= 4 is 29.0 Å². The van der Waals surface area contributed by atoms with Gasteiger partial charge in [-0.1, -0.05) is 6.07 Å². The number of hydrogen-bond acceptors (Lipinski definition) is 6. The van der Waals surface area contributed by atoms with Crippen LogP contribution in [0.5, 0.6) is 0 Å². The molecule has 0 bridgehead atoms. The average Bonchev–Trinajstić information content (AvgIpc) is 2.30. The Labute approximate surface area is 105 Å². The second-order valence-electron chi connectivity index (χ2n) is 4.15. The van der Waals surface area contributed by atoms with Crippen molar-refractivity contribution in [2.75, 3.05) is 22.5 Å². The Morgan fingerprint density at radius 1 is 1.00 bits per heavy atom. The number of nitrogens with zero attached hydrogens (tertiary/aromatic N) is 2. The van der Waals surface area contributed by atoms with Crippen molar-refractivity contribution in [3.05, 3.63) is 29.3 Å². The van der Waals surface area contributed by atoms with Gasteiger partial charge in [-0.15, -0.1) is 0 Å². The Kier molecular flexibility index (Phi) is 2.93. The number of nitrogens with one attached hydrogen (secondary N) is 1. The molecule has 0 saturated carbocycles. The molecule has 1 aromatic carbocycles. The molecule has 6 nitrogen and oxygen atoms in total. The van der Waals surface area contributed by atoms with Crippen LogP contribution in [0, 0.1) is 13.8 Å². The van der Waals surface area contributed by atoms with Gasteiger partial charge in [-0.25, -0.2) is 0 Å². The van der Waals surface area contributed by atoms with Crippen LogP contribution in [0.2, 0.25) is 0 Å². The second kappa shape index (κ2) is 4.40. The van der Waals surface area contributed by atoms with E-state index < -0.39 is 0 Å². The number of hydrogen-bond donors (Lipinski definition) is 4. The van der Waals surface area contributed by atoms with Crippen molar-refractivity contribution < 1.29 is 0 Å². The molecule has 2 rings (SSSR count). The van der Waals surface area contributed by atoms with Crippen molar-refractivity contribution in [3.8, 4) is 0 Å². The van der Waals surface area contributed by atoms with Crippen LogP contribution < -0.4 is 22.5 Å². The molecule has 0 radical (unpaired) electrons. The molecular weight excluding hydrogens is 228 g/mol. The summed E-state index contributed by atoms with van der Waals surface area (Å²) in [6, 6.07) is 5.96. The monoisotopic (exact) mass is 244 g/mol. The van der Waals surface area contributed by atoms with Crippen LogP contribution in [0.25, 0.3) is 0 Å². The average molecular weight is 244 g/mol. The van der Waals surface area contributed by atoms with Crippen LogP contribution in [-0.2, 0) is 0 Å². The third-order valence-electron chi connectivity index (χ3n) is 2.76. The predicted octanol–water partition coefficient (Wildman–Crippen LogP) is 1.58. The van der Waals surface area contributed by atoms with Gasteiger partial charge in [-0.05, 0) is 37.1 Å². The topological polar surface area (TPSA) is 116 Å². The zero-order chi connectivity index (χ0) is 13.3. The Morgan fingerprint density at radius 3 is 2.39 bits per heavy atom. The lowest BCUT2D eigenvalue weighted by Gasteiger charge is -2.11. The molecule has 2 aromatic rings. The maximum Gasteiger partial charge on any atom is 0.224 e. The Bertz CT molecular complexity index is 593. The van der Waals surface area contributed by atoms with Crippen LogP contribution in [0.15, 0.2) is 18.2 Å². The first-order valence-electron chi connectivity index (χ1n) is 5.50. The summed E-state index contributed by atoms with van der Waals surface area (Å²) in [5, 5.41) is 3.09. The summed E-state index contributed by atoms with van der Waals surface area (Å²) in [6.07, 6.45) is 0. The van der Waals surface area contributed by atoms with E-state index in [1.807, 2.05) is 32.0 Å². The van der Waals surface area contributed by atoms with Crippen molar-refractivity contribution in [1.82, 2.24) is 9.97 Å². The third kappa shape index (κ3) is 2.27. The number of nitrogens with two attached hydrogens (primary N) is 3. The lowest BCUT2D eigenvalue weighted by atomic mass is 10.1. The quantitative estimate of drug-likeness (QED) is 0.637. The fraction of sp³-hybridized carbons (Fsp3) is 0.167. The van der Waals surface area contributed by atoms with Gasteiger partial charge in [0.25, 0.3) is 0 Å². The minimum atomic E-state index is 0.0908. The summed E-state index contributed by atoms with van der Waals surface area (Å²) in [4.78, 5) is 7.82. The molecule has 18 heavy (non-hydrogen) atoms. The summed E-state index contributed by atoms with van der Waals surface area (Å²) in [5.74, 6) is 0.685. The highest BCUT2D eigenvalue weighted by atomic mass is 15.1. The minimum absolute atomic E-state index is 0.0908. The first kappa shape index (κ1) is 12.0. The number of nitrogen functional groups attached to an aromatic ring is 3. The maximum atomic E-state index is 5.80. The van der Waals surface area contributed by atoms with E-state index >= 15 is 0 Å². The molecule has 0 fully saturated rings. The van der Waals surface area contributed by atoms with E-state index in [1.54, 1.807) is 0 Å². The first-order valence-corrected chi connectivity index (χ1v) is 5.50. The van der Waals surface area contributed by atoms with Gasteiger partial charge in [0.15, 0.2) is 11.6 Å². The molecule has 1 aromatic heterocycles. The van der Waals surface area contributed by atoms with Crippen molar-refractivity contribution in [3.63, 3.8) is 0 Å². The molecule has 0 aliphatic carbocycles. The molecule has 6 heteroatoms. The number of anilines is 5. The predicted molar refractivity (Wildman–Crippen MR) is 74.5 cm³/mol. The van der Waals surface area contributed by atoms with Gasteiger partial charge in [-0.2, -0.15) is 9.97 Å². The van der Waals surface area contributed by atoms with E-state index in [0.717, 1.165) is 5.69 Å². The fourth-order valence-electron chi connectivity index (χ4n) is 1.56. The third-order valence-corrected chi connectivity index (χ3v) is 2.76. The van der Waals surface area contributed by atoms with E-state index in [9.17, 15) is 0 Å². The molecule has 0 spiro atoms.